The fraction of sp³-hybridized carbons (Fsp3) is 0.545. The molecule has 96 valence electrons. The fourth-order valence-electron chi connectivity index (χ4n) is 1.30. The molecule has 0 radical (unpaired) electrons. The lowest BCUT2D eigenvalue weighted by atomic mass is 10.3. The third-order valence-corrected chi connectivity index (χ3v) is 3.39. The van der Waals surface area contributed by atoms with Gasteiger partial charge >= 0.3 is 6.03 Å². The number of carbonyl (C=O) groups is 1. The van der Waals surface area contributed by atoms with Crippen LogP contribution in [0.4, 0.5) is 4.79 Å². The summed E-state index contributed by atoms with van der Waals surface area (Å²) in [4.78, 5) is 12.4. The van der Waals surface area contributed by atoms with Crippen molar-refractivity contribution in [2.45, 2.75) is 26.0 Å². The SMILES string of the molecule is CO[C@H](CNC(=O)NC(C)C)c1ccc(Cl)s1. The van der Waals surface area contributed by atoms with Crippen molar-refractivity contribution in [1.82, 2.24) is 10.6 Å². The van der Waals surface area contributed by atoms with Crippen molar-refractivity contribution in [1.29, 1.82) is 0 Å². The second-order valence-electron chi connectivity index (χ2n) is 3.88. The number of halogens is 1. The van der Waals surface area contributed by atoms with Crippen LogP contribution in [0.5, 0.6) is 0 Å². The Labute approximate surface area is 110 Å². The van der Waals surface area contributed by atoms with Crippen LogP contribution in [0.15, 0.2) is 12.1 Å². The molecule has 1 aromatic rings. The summed E-state index contributed by atoms with van der Waals surface area (Å²) in [6.07, 6.45) is -0.162. The molecule has 0 aromatic carbocycles. The summed E-state index contributed by atoms with van der Waals surface area (Å²) in [5, 5.41) is 5.51. The number of urea groups is 1. The summed E-state index contributed by atoms with van der Waals surface area (Å²) in [5.74, 6) is 0. The summed E-state index contributed by atoms with van der Waals surface area (Å²) in [7, 11) is 1.61. The van der Waals surface area contributed by atoms with Crippen LogP contribution in [-0.4, -0.2) is 25.7 Å². The van der Waals surface area contributed by atoms with Gasteiger partial charge in [0, 0.05) is 18.0 Å². The van der Waals surface area contributed by atoms with E-state index in [1.54, 1.807) is 7.11 Å². The highest BCUT2D eigenvalue weighted by atomic mass is 35.5. The highest BCUT2D eigenvalue weighted by Gasteiger charge is 2.14. The normalized spacial score (nSPS) is 12.5. The van der Waals surface area contributed by atoms with E-state index in [0.717, 1.165) is 4.88 Å². The lowest BCUT2D eigenvalue weighted by molar-refractivity contribution is 0.106. The monoisotopic (exact) mass is 276 g/mol. The fourth-order valence-corrected chi connectivity index (χ4v) is 2.44. The topological polar surface area (TPSA) is 50.4 Å². The molecule has 1 atom stereocenters. The number of amides is 2. The Balaban J connectivity index is 2.45. The number of carbonyl (C=O) groups excluding carboxylic acids is 1. The largest absolute Gasteiger partial charge is 0.374 e. The minimum Gasteiger partial charge on any atom is -0.374 e. The number of methoxy groups -OCH3 is 1. The lowest BCUT2D eigenvalue weighted by Crippen LogP contribution is -2.41. The van der Waals surface area contributed by atoms with E-state index in [4.69, 9.17) is 16.3 Å². The number of ether oxygens (including phenoxy) is 1. The standard InChI is InChI=1S/C11H17ClN2O2S/c1-7(2)14-11(15)13-6-8(16-3)9-4-5-10(12)17-9/h4-5,7-8H,6H2,1-3H3,(H2,13,14,15)/t8-/m1/s1. The van der Waals surface area contributed by atoms with Gasteiger partial charge < -0.3 is 15.4 Å². The average molecular weight is 277 g/mol. The molecule has 1 heterocycles. The predicted molar refractivity (Wildman–Crippen MR) is 70.7 cm³/mol. The number of nitrogens with one attached hydrogen (secondary N) is 2. The molecule has 1 rings (SSSR count). The van der Waals surface area contributed by atoms with Crippen LogP contribution >= 0.6 is 22.9 Å². The molecule has 0 aliphatic rings. The Morgan fingerprint density at radius 3 is 2.71 bits per heavy atom. The van der Waals surface area contributed by atoms with Crippen molar-refractivity contribution in [3.8, 4) is 0 Å². The van der Waals surface area contributed by atoms with E-state index in [2.05, 4.69) is 10.6 Å². The first-order valence-electron chi connectivity index (χ1n) is 5.35. The molecule has 0 unspecified atom stereocenters. The molecular formula is C11H17ClN2O2S. The highest BCUT2D eigenvalue weighted by molar-refractivity contribution is 7.16. The zero-order valence-corrected chi connectivity index (χ0v) is 11.7. The van der Waals surface area contributed by atoms with E-state index in [0.29, 0.717) is 10.9 Å². The Morgan fingerprint density at radius 2 is 2.24 bits per heavy atom. The average Bonchev–Trinajstić information content (AvgIpc) is 2.65. The second kappa shape index (κ2) is 6.83. The van der Waals surface area contributed by atoms with E-state index in [9.17, 15) is 4.79 Å². The molecule has 0 fully saturated rings. The number of hydrogen-bond acceptors (Lipinski definition) is 3. The third-order valence-electron chi connectivity index (χ3n) is 2.06. The van der Waals surface area contributed by atoms with Gasteiger partial charge in [0.05, 0.1) is 10.9 Å². The first-order chi connectivity index (χ1) is 8.02. The third kappa shape index (κ3) is 4.93. The van der Waals surface area contributed by atoms with E-state index in [1.165, 1.54) is 11.3 Å². The molecule has 2 amide bonds. The van der Waals surface area contributed by atoms with Gasteiger partial charge in [0.25, 0.3) is 0 Å². The van der Waals surface area contributed by atoms with Crippen LogP contribution < -0.4 is 10.6 Å². The van der Waals surface area contributed by atoms with Gasteiger partial charge in [-0.1, -0.05) is 11.6 Å². The van der Waals surface area contributed by atoms with Gasteiger partial charge in [-0.25, -0.2) is 4.79 Å². The minimum atomic E-state index is -0.190. The molecule has 0 saturated carbocycles. The summed E-state index contributed by atoms with van der Waals surface area (Å²) in [6.45, 7) is 4.24. The number of thiophene rings is 1. The predicted octanol–water partition coefficient (Wildman–Crippen LogP) is 2.80. The van der Waals surface area contributed by atoms with Crippen molar-refractivity contribution in [3.05, 3.63) is 21.3 Å². The highest BCUT2D eigenvalue weighted by Crippen LogP contribution is 2.28. The quantitative estimate of drug-likeness (QED) is 0.869. The molecule has 0 bridgehead atoms. The van der Waals surface area contributed by atoms with Gasteiger partial charge in [-0.15, -0.1) is 11.3 Å². The Kier molecular flexibility index (Phi) is 5.74. The molecule has 1 aromatic heterocycles. The van der Waals surface area contributed by atoms with E-state index in [1.807, 2.05) is 26.0 Å². The van der Waals surface area contributed by atoms with Crippen LogP contribution in [0, 0.1) is 0 Å². The van der Waals surface area contributed by atoms with Gasteiger partial charge in [0.1, 0.15) is 6.10 Å². The maximum Gasteiger partial charge on any atom is 0.315 e. The molecule has 17 heavy (non-hydrogen) atoms. The Bertz CT molecular complexity index is 368. The van der Waals surface area contributed by atoms with Gasteiger partial charge in [-0.2, -0.15) is 0 Å². The van der Waals surface area contributed by atoms with Crippen molar-refractivity contribution in [2.75, 3.05) is 13.7 Å². The Hall–Kier alpha value is -0.780. The van der Waals surface area contributed by atoms with Crippen molar-refractivity contribution < 1.29 is 9.53 Å². The smallest absolute Gasteiger partial charge is 0.315 e. The van der Waals surface area contributed by atoms with Gasteiger partial charge in [0.15, 0.2) is 0 Å². The number of hydrogen-bond donors (Lipinski definition) is 2. The molecule has 0 saturated heterocycles. The van der Waals surface area contributed by atoms with E-state index in [-0.39, 0.29) is 18.2 Å². The Morgan fingerprint density at radius 1 is 1.53 bits per heavy atom. The number of rotatable bonds is 5. The molecule has 0 aliphatic heterocycles. The molecule has 4 nitrogen and oxygen atoms in total. The summed E-state index contributed by atoms with van der Waals surface area (Å²) in [6, 6.07) is 3.65. The van der Waals surface area contributed by atoms with Crippen molar-refractivity contribution in [3.63, 3.8) is 0 Å². The second-order valence-corrected chi connectivity index (χ2v) is 5.62. The zero-order chi connectivity index (χ0) is 12.8. The summed E-state index contributed by atoms with van der Waals surface area (Å²) >= 11 is 7.31. The first kappa shape index (κ1) is 14.3. The summed E-state index contributed by atoms with van der Waals surface area (Å²) in [5.41, 5.74) is 0. The van der Waals surface area contributed by atoms with Gasteiger partial charge in [0.2, 0.25) is 0 Å². The maximum atomic E-state index is 11.4. The maximum absolute atomic E-state index is 11.4. The molecule has 0 aliphatic carbocycles. The summed E-state index contributed by atoms with van der Waals surface area (Å²) < 4.78 is 6.03. The first-order valence-corrected chi connectivity index (χ1v) is 6.54. The molecule has 2 N–H and O–H groups in total. The molecule has 0 spiro atoms. The van der Waals surface area contributed by atoms with Crippen molar-refractivity contribution >= 4 is 29.0 Å². The lowest BCUT2D eigenvalue weighted by Gasteiger charge is -2.16. The van der Waals surface area contributed by atoms with Crippen LogP contribution in [0.2, 0.25) is 4.34 Å². The van der Waals surface area contributed by atoms with Gasteiger partial charge in [-0.05, 0) is 26.0 Å². The van der Waals surface area contributed by atoms with Crippen LogP contribution in [0.1, 0.15) is 24.8 Å². The van der Waals surface area contributed by atoms with Gasteiger partial charge in [-0.3, -0.25) is 0 Å². The zero-order valence-electron chi connectivity index (χ0n) is 10.1. The molecule has 6 heteroatoms. The van der Waals surface area contributed by atoms with Crippen LogP contribution in [0.25, 0.3) is 0 Å². The van der Waals surface area contributed by atoms with E-state index < -0.39 is 0 Å². The van der Waals surface area contributed by atoms with E-state index >= 15 is 0 Å². The van der Waals surface area contributed by atoms with Crippen LogP contribution in [0.3, 0.4) is 0 Å². The minimum absolute atomic E-state index is 0.118. The van der Waals surface area contributed by atoms with Crippen LogP contribution in [-0.2, 0) is 4.74 Å². The van der Waals surface area contributed by atoms with Crippen molar-refractivity contribution in [2.24, 2.45) is 0 Å². The molecular weight excluding hydrogens is 260 g/mol.